The number of aromatic carboxylic acids is 1. The minimum Gasteiger partial charge on any atom is -0.476 e. The van der Waals surface area contributed by atoms with E-state index in [9.17, 15) is 13.6 Å². The molecule has 0 fully saturated rings. The van der Waals surface area contributed by atoms with E-state index in [-0.39, 0.29) is 21.3 Å². The van der Waals surface area contributed by atoms with E-state index in [1.807, 2.05) is 0 Å². The van der Waals surface area contributed by atoms with Crippen molar-refractivity contribution in [1.29, 1.82) is 0 Å². The third kappa shape index (κ3) is 2.30. The largest absolute Gasteiger partial charge is 0.476 e. The number of anilines is 1. The van der Waals surface area contributed by atoms with Crippen molar-refractivity contribution in [2.24, 2.45) is 0 Å². The Hall–Kier alpha value is -2.02. The SMILES string of the molecule is Nc1nc(C(=O)O)c(-c2cccc(C(F)F)c2)s1. The molecular formula is C11H8F2N2O2S. The zero-order valence-electron chi connectivity index (χ0n) is 8.93. The third-order valence-electron chi connectivity index (χ3n) is 2.25. The van der Waals surface area contributed by atoms with Crippen molar-refractivity contribution in [3.05, 3.63) is 35.5 Å². The molecule has 0 saturated carbocycles. The van der Waals surface area contributed by atoms with E-state index in [0.717, 1.165) is 11.3 Å². The predicted molar refractivity (Wildman–Crippen MR) is 63.9 cm³/mol. The van der Waals surface area contributed by atoms with Crippen molar-refractivity contribution in [3.63, 3.8) is 0 Å². The number of benzene rings is 1. The molecule has 0 aliphatic carbocycles. The summed E-state index contributed by atoms with van der Waals surface area (Å²) in [5, 5.41) is 9.05. The molecule has 0 bridgehead atoms. The lowest BCUT2D eigenvalue weighted by molar-refractivity contribution is 0.0692. The number of thiazole rings is 1. The number of nitrogen functional groups attached to an aromatic ring is 1. The van der Waals surface area contributed by atoms with Crippen LogP contribution in [0.1, 0.15) is 22.5 Å². The Balaban J connectivity index is 2.54. The van der Waals surface area contributed by atoms with E-state index < -0.39 is 12.4 Å². The van der Waals surface area contributed by atoms with Gasteiger partial charge in [0.1, 0.15) is 0 Å². The van der Waals surface area contributed by atoms with Gasteiger partial charge in [-0.1, -0.05) is 29.5 Å². The van der Waals surface area contributed by atoms with Crippen molar-refractivity contribution in [3.8, 4) is 10.4 Å². The average Bonchev–Trinajstić information content (AvgIpc) is 2.72. The molecule has 0 saturated heterocycles. The molecule has 0 aliphatic rings. The molecule has 4 nitrogen and oxygen atoms in total. The minimum atomic E-state index is -2.61. The molecule has 3 N–H and O–H groups in total. The van der Waals surface area contributed by atoms with Crippen LogP contribution >= 0.6 is 11.3 Å². The number of carboxylic acid groups (broad SMARTS) is 1. The first-order valence-electron chi connectivity index (χ1n) is 4.87. The number of hydrogen-bond acceptors (Lipinski definition) is 4. The summed E-state index contributed by atoms with van der Waals surface area (Å²) >= 11 is 0.957. The summed E-state index contributed by atoms with van der Waals surface area (Å²) in [5.41, 5.74) is 5.43. The van der Waals surface area contributed by atoms with E-state index in [0.29, 0.717) is 5.56 Å². The van der Waals surface area contributed by atoms with E-state index >= 15 is 0 Å². The van der Waals surface area contributed by atoms with Gasteiger partial charge in [0, 0.05) is 5.56 Å². The number of aromatic nitrogens is 1. The fourth-order valence-corrected chi connectivity index (χ4v) is 2.31. The lowest BCUT2D eigenvalue weighted by atomic mass is 10.1. The Labute approximate surface area is 105 Å². The molecule has 2 rings (SSSR count). The maximum Gasteiger partial charge on any atom is 0.356 e. The summed E-state index contributed by atoms with van der Waals surface area (Å²) in [7, 11) is 0. The molecule has 0 spiro atoms. The highest BCUT2D eigenvalue weighted by atomic mass is 32.1. The standard InChI is InChI=1S/C11H8F2N2O2S/c12-9(13)6-3-1-2-5(4-6)8-7(10(16)17)15-11(14)18-8/h1-4,9H,(H2,14,15)(H,16,17). The van der Waals surface area contributed by atoms with Gasteiger partial charge >= 0.3 is 5.97 Å². The molecular weight excluding hydrogens is 262 g/mol. The number of nitrogens with two attached hydrogens (primary N) is 1. The lowest BCUT2D eigenvalue weighted by Gasteiger charge is -2.03. The molecule has 0 unspecified atom stereocenters. The summed E-state index contributed by atoms with van der Waals surface area (Å²) in [6.07, 6.45) is -2.61. The van der Waals surface area contributed by atoms with Crippen molar-refractivity contribution in [1.82, 2.24) is 4.98 Å². The van der Waals surface area contributed by atoms with Gasteiger partial charge in [0.2, 0.25) is 0 Å². The molecule has 7 heteroatoms. The first-order valence-corrected chi connectivity index (χ1v) is 5.68. The summed E-state index contributed by atoms with van der Waals surface area (Å²) in [4.78, 5) is 14.9. The summed E-state index contributed by atoms with van der Waals surface area (Å²) < 4.78 is 25.1. The van der Waals surface area contributed by atoms with Crippen LogP contribution in [0.2, 0.25) is 0 Å². The topological polar surface area (TPSA) is 76.2 Å². The van der Waals surface area contributed by atoms with Gasteiger partial charge in [-0.25, -0.2) is 18.6 Å². The van der Waals surface area contributed by atoms with Crippen molar-refractivity contribution in [2.45, 2.75) is 6.43 Å². The Morgan fingerprint density at radius 3 is 2.78 bits per heavy atom. The van der Waals surface area contributed by atoms with E-state index in [1.54, 1.807) is 6.07 Å². The van der Waals surface area contributed by atoms with E-state index in [1.165, 1.54) is 18.2 Å². The van der Waals surface area contributed by atoms with Crippen LogP contribution in [0.5, 0.6) is 0 Å². The number of carbonyl (C=O) groups is 1. The second-order valence-electron chi connectivity index (χ2n) is 3.46. The summed E-state index contributed by atoms with van der Waals surface area (Å²) in [6, 6.07) is 5.51. The summed E-state index contributed by atoms with van der Waals surface area (Å²) in [6.45, 7) is 0. The number of alkyl halides is 2. The van der Waals surface area contributed by atoms with Crippen LogP contribution in [-0.2, 0) is 0 Å². The highest BCUT2D eigenvalue weighted by molar-refractivity contribution is 7.19. The van der Waals surface area contributed by atoms with Crippen LogP contribution in [0.4, 0.5) is 13.9 Å². The van der Waals surface area contributed by atoms with Crippen molar-refractivity contribution < 1.29 is 18.7 Å². The van der Waals surface area contributed by atoms with Gasteiger partial charge in [0.25, 0.3) is 6.43 Å². The molecule has 0 amide bonds. The van der Waals surface area contributed by atoms with Crippen molar-refractivity contribution in [2.75, 3.05) is 5.73 Å². The van der Waals surface area contributed by atoms with Crippen molar-refractivity contribution >= 4 is 22.4 Å². The monoisotopic (exact) mass is 270 g/mol. The lowest BCUT2D eigenvalue weighted by Crippen LogP contribution is -1.99. The Kier molecular flexibility index (Phi) is 3.24. The fourth-order valence-electron chi connectivity index (χ4n) is 1.49. The highest BCUT2D eigenvalue weighted by Crippen LogP contribution is 2.33. The maximum absolute atomic E-state index is 12.6. The third-order valence-corrected chi connectivity index (χ3v) is 3.18. The van der Waals surface area contributed by atoms with Crippen LogP contribution < -0.4 is 5.73 Å². The average molecular weight is 270 g/mol. The van der Waals surface area contributed by atoms with Gasteiger partial charge in [-0.05, 0) is 11.6 Å². The smallest absolute Gasteiger partial charge is 0.356 e. The molecule has 94 valence electrons. The van der Waals surface area contributed by atoms with E-state index in [4.69, 9.17) is 10.8 Å². The molecule has 0 radical (unpaired) electrons. The summed E-state index contributed by atoms with van der Waals surface area (Å²) in [5.74, 6) is -1.24. The first kappa shape index (κ1) is 12.4. The Bertz CT molecular complexity index is 598. The molecule has 0 atom stereocenters. The minimum absolute atomic E-state index is 0.0878. The zero-order chi connectivity index (χ0) is 13.3. The van der Waals surface area contributed by atoms with Crippen LogP contribution in [0.3, 0.4) is 0 Å². The normalized spacial score (nSPS) is 10.8. The maximum atomic E-state index is 12.6. The van der Waals surface area contributed by atoms with Crippen LogP contribution in [0.25, 0.3) is 10.4 Å². The molecule has 2 aromatic rings. The predicted octanol–water partition coefficient (Wildman–Crippen LogP) is 3.03. The molecule has 18 heavy (non-hydrogen) atoms. The Morgan fingerprint density at radius 2 is 2.17 bits per heavy atom. The number of carboxylic acids is 1. The van der Waals surface area contributed by atoms with E-state index in [2.05, 4.69) is 4.98 Å². The zero-order valence-corrected chi connectivity index (χ0v) is 9.75. The van der Waals surface area contributed by atoms with Gasteiger partial charge < -0.3 is 10.8 Å². The highest BCUT2D eigenvalue weighted by Gasteiger charge is 2.18. The van der Waals surface area contributed by atoms with Gasteiger partial charge in [0.05, 0.1) is 4.88 Å². The van der Waals surface area contributed by atoms with Gasteiger partial charge in [-0.3, -0.25) is 0 Å². The number of rotatable bonds is 3. The molecule has 1 aromatic carbocycles. The van der Waals surface area contributed by atoms with Crippen LogP contribution in [0.15, 0.2) is 24.3 Å². The number of nitrogens with zero attached hydrogens (tertiary/aromatic N) is 1. The number of halogens is 2. The number of hydrogen-bond donors (Lipinski definition) is 2. The second kappa shape index (κ2) is 4.69. The molecule has 1 aromatic heterocycles. The van der Waals surface area contributed by atoms with Gasteiger partial charge in [-0.2, -0.15) is 0 Å². The fraction of sp³-hybridized carbons (Fsp3) is 0.0909. The molecule has 1 heterocycles. The van der Waals surface area contributed by atoms with Crippen LogP contribution in [-0.4, -0.2) is 16.1 Å². The quantitative estimate of drug-likeness (QED) is 0.898. The Morgan fingerprint density at radius 1 is 1.44 bits per heavy atom. The van der Waals surface area contributed by atoms with Gasteiger partial charge in [0.15, 0.2) is 10.8 Å². The van der Waals surface area contributed by atoms with Gasteiger partial charge in [-0.15, -0.1) is 0 Å². The van der Waals surface area contributed by atoms with Crippen LogP contribution in [0, 0.1) is 0 Å². The first-order chi connectivity index (χ1) is 8.49. The second-order valence-corrected chi connectivity index (χ2v) is 4.49. The molecule has 0 aliphatic heterocycles.